The molecule has 1 unspecified atom stereocenters. The number of carbonyl (C=O) groups excluding carboxylic acids is 2. The van der Waals surface area contributed by atoms with Gasteiger partial charge in [-0.2, -0.15) is 0 Å². The van der Waals surface area contributed by atoms with E-state index >= 15 is 0 Å². The van der Waals surface area contributed by atoms with E-state index in [4.69, 9.17) is 9.47 Å². The third kappa shape index (κ3) is 4.34. The Hall–Kier alpha value is -3.28. The van der Waals surface area contributed by atoms with Crippen molar-refractivity contribution in [2.24, 2.45) is 0 Å². The lowest BCUT2D eigenvalue weighted by atomic mass is 10.0. The summed E-state index contributed by atoms with van der Waals surface area (Å²) >= 11 is 0. The van der Waals surface area contributed by atoms with E-state index < -0.39 is 12.0 Å². The highest BCUT2D eigenvalue weighted by atomic mass is 16.5. The van der Waals surface area contributed by atoms with Crippen molar-refractivity contribution in [1.29, 1.82) is 0 Å². The molecule has 1 aromatic heterocycles. The van der Waals surface area contributed by atoms with Gasteiger partial charge in [0, 0.05) is 23.5 Å². The Bertz CT molecular complexity index is 973. The lowest BCUT2D eigenvalue weighted by Gasteiger charge is -2.17. The van der Waals surface area contributed by atoms with Crippen molar-refractivity contribution >= 4 is 22.8 Å². The van der Waals surface area contributed by atoms with Crippen LogP contribution in [0.4, 0.5) is 0 Å². The monoisotopic (exact) mass is 380 g/mol. The first-order chi connectivity index (χ1) is 13.5. The second kappa shape index (κ2) is 8.61. The fraction of sp³-hybridized carbons (Fsp3) is 0.273. The molecule has 0 aliphatic heterocycles. The molecule has 6 nitrogen and oxygen atoms in total. The zero-order valence-corrected chi connectivity index (χ0v) is 16.2. The van der Waals surface area contributed by atoms with Crippen molar-refractivity contribution in [1.82, 2.24) is 10.3 Å². The van der Waals surface area contributed by atoms with Crippen LogP contribution in [0.25, 0.3) is 10.9 Å². The molecule has 146 valence electrons. The van der Waals surface area contributed by atoms with Gasteiger partial charge in [0.2, 0.25) is 0 Å². The Morgan fingerprint density at radius 2 is 1.79 bits per heavy atom. The van der Waals surface area contributed by atoms with Gasteiger partial charge in [0.1, 0.15) is 11.8 Å². The summed E-state index contributed by atoms with van der Waals surface area (Å²) in [7, 11) is 1.31. The van der Waals surface area contributed by atoms with Crippen LogP contribution in [0.2, 0.25) is 0 Å². The number of hydrogen-bond donors (Lipinski definition) is 2. The van der Waals surface area contributed by atoms with Gasteiger partial charge in [-0.25, -0.2) is 4.79 Å². The first-order valence-electron chi connectivity index (χ1n) is 9.10. The molecule has 0 spiro atoms. The minimum Gasteiger partial charge on any atom is -0.483 e. The van der Waals surface area contributed by atoms with E-state index in [1.165, 1.54) is 7.11 Å². The molecule has 28 heavy (non-hydrogen) atoms. The first-order valence-corrected chi connectivity index (χ1v) is 9.10. The summed E-state index contributed by atoms with van der Waals surface area (Å²) in [5.74, 6) is -0.188. The number of aromatic amines is 1. The van der Waals surface area contributed by atoms with E-state index in [2.05, 4.69) is 10.3 Å². The molecular formula is C22H24N2O4. The second-order valence-corrected chi connectivity index (χ2v) is 6.72. The molecule has 0 saturated carbocycles. The molecule has 0 fully saturated rings. The number of fused-ring (bicyclic) bond motifs is 1. The van der Waals surface area contributed by atoms with Crippen molar-refractivity contribution in [3.63, 3.8) is 0 Å². The standard InChI is InChI=1S/C22H24N2O4/c1-14-7-6-8-15(2)21(14)28-13-20(25)24-19(22(26)27-3)11-16-12-23-18-10-5-4-9-17(16)18/h4-10,12,19,23H,11,13H2,1-3H3,(H,24,25). The molecule has 3 aromatic rings. The second-order valence-electron chi connectivity index (χ2n) is 6.72. The molecule has 0 aliphatic rings. The van der Waals surface area contributed by atoms with Crippen LogP contribution in [0.3, 0.4) is 0 Å². The zero-order chi connectivity index (χ0) is 20.1. The number of methoxy groups -OCH3 is 1. The summed E-state index contributed by atoms with van der Waals surface area (Å²) in [5, 5.41) is 3.74. The molecule has 0 bridgehead atoms. The molecule has 1 heterocycles. The summed E-state index contributed by atoms with van der Waals surface area (Å²) in [6, 6.07) is 12.8. The molecule has 0 saturated heterocycles. The van der Waals surface area contributed by atoms with Crippen LogP contribution >= 0.6 is 0 Å². The highest BCUT2D eigenvalue weighted by Crippen LogP contribution is 2.22. The molecule has 3 rings (SSSR count). The summed E-state index contributed by atoms with van der Waals surface area (Å²) in [6.45, 7) is 3.68. The Morgan fingerprint density at radius 1 is 1.07 bits per heavy atom. The molecule has 1 amide bonds. The van der Waals surface area contributed by atoms with Crippen LogP contribution in [-0.4, -0.2) is 36.6 Å². The number of amides is 1. The normalized spacial score (nSPS) is 11.8. The fourth-order valence-corrected chi connectivity index (χ4v) is 3.26. The van der Waals surface area contributed by atoms with Gasteiger partial charge in [0.05, 0.1) is 7.11 Å². The van der Waals surface area contributed by atoms with E-state index in [0.29, 0.717) is 12.2 Å². The van der Waals surface area contributed by atoms with E-state index in [-0.39, 0.29) is 12.5 Å². The number of aryl methyl sites for hydroxylation is 2. The van der Waals surface area contributed by atoms with Crippen LogP contribution in [0.15, 0.2) is 48.7 Å². The highest BCUT2D eigenvalue weighted by molar-refractivity contribution is 5.87. The van der Waals surface area contributed by atoms with E-state index in [9.17, 15) is 9.59 Å². The number of carbonyl (C=O) groups is 2. The Kier molecular flexibility index (Phi) is 5.99. The minimum absolute atomic E-state index is 0.174. The fourth-order valence-electron chi connectivity index (χ4n) is 3.26. The van der Waals surface area contributed by atoms with Gasteiger partial charge in [-0.3, -0.25) is 4.79 Å². The number of esters is 1. The number of aromatic nitrogens is 1. The zero-order valence-electron chi connectivity index (χ0n) is 16.2. The maximum atomic E-state index is 12.4. The summed E-state index contributed by atoms with van der Waals surface area (Å²) in [6.07, 6.45) is 2.17. The average Bonchev–Trinajstić information content (AvgIpc) is 3.09. The number of para-hydroxylation sites is 2. The number of ether oxygens (including phenoxy) is 2. The third-order valence-electron chi connectivity index (χ3n) is 4.68. The summed E-state index contributed by atoms with van der Waals surface area (Å²) < 4.78 is 10.5. The van der Waals surface area contributed by atoms with Gasteiger partial charge in [-0.15, -0.1) is 0 Å². The lowest BCUT2D eigenvalue weighted by molar-refractivity contribution is -0.145. The Balaban J connectivity index is 1.68. The average molecular weight is 380 g/mol. The van der Waals surface area contributed by atoms with E-state index in [0.717, 1.165) is 27.6 Å². The highest BCUT2D eigenvalue weighted by Gasteiger charge is 2.23. The maximum Gasteiger partial charge on any atom is 0.328 e. The molecule has 2 N–H and O–H groups in total. The van der Waals surface area contributed by atoms with Crippen molar-refractivity contribution in [2.45, 2.75) is 26.3 Å². The van der Waals surface area contributed by atoms with Crippen molar-refractivity contribution in [3.8, 4) is 5.75 Å². The van der Waals surface area contributed by atoms with Crippen LogP contribution in [-0.2, 0) is 20.7 Å². The van der Waals surface area contributed by atoms with Crippen molar-refractivity contribution in [3.05, 3.63) is 65.4 Å². The Morgan fingerprint density at radius 3 is 2.50 bits per heavy atom. The number of rotatable bonds is 7. The first kappa shape index (κ1) is 19.5. The Labute approximate surface area is 163 Å². The molecule has 0 radical (unpaired) electrons. The predicted molar refractivity (Wildman–Crippen MR) is 107 cm³/mol. The molecule has 0 aliphatic carbocycles. The lowest BCUT2D eigenvalue weighted by Crippen LogP contribution is -2.45. The third-order valence-corrected chi connectivity index (χ3v) is 4.68. The van der Waals surface area contributed by atoms with Gasteiger partial charge < -0.3 is 19.8 Å². The van der Waals surface area contributed by atoms with Crippen molar-refractivity contribution in [2.75, 3.05) is 13.7 Å². The van der Waals surface area contributed by atoms with Gasteiger partial charge in [-0.05, 0) is 36.6 Å². The van der Waals surface area contributed by atoms with Crippen LogP contribution in [0, 0.1) is 13.8 Å². The van der Waals surface area contributed by atoms with E-state index in [1.54, 1.807) is 0 Å². The van der Waals surface area contributed by atoms with Crippen LogP contribution in [0.5, 0.6) is 5.75 Å². The van der Waals surface area contributed by atoms with Gasteiger partial charge in [-0.1, -0.05) is 36.4 Å². The SMILES string of the molecule is COC(=O)C(Cc1c[nH]c2ccccc12)NC(=O)COc1c(C)cccc1C. The smallest absolute Gasteiger partial charge is 0.328 e. The van der Waals surface area contributed by atoms with Crippen LogP contribution < -0.4 is 10.1 Å². The molecule has 6 heteroatoms. The number of H-pyrrole nitrogens is 1. The largest absolute Gasteiger partial charge is 0.483 e. The predicted octanol–water partition coefficient (Wildman–Crippen LogP) is 3.06. The van der Waals surface area contributed by atoms with Crippen LogP contribution in [0.1, 0.15) is 16.7 Å². The minimum atomic E-state index is -0.793. The van der Waals surface area contributed by atoms with Gasteiger partial charge in [0.25, 0.3) is 5.91 Å². The molecular weight excluding hydrogens is 356 g/mol. The maximum absolute atomic E-state index is 12.4. The summed E-state index contributed by atoms with van der Waals surface area (Å²) in [5.41, 5.74) is 3.82. The number of nitrogens with one attached hydrogen (secondary N) is 2. The number of hydrogen-bond acceptors (Lipinski definition) is 4. The topological polar surface area (TPSA) is 80.4 Å². The quantitative estimate of drug-likeness (QED) is 0.618. The van der Waals surface area contributed by atoms with E-state index in [1.807, 2.05) is 62.5 Å². The number of benzene rings is 2. The van der Waals surface area contributed by atoms with Crippen molar-refractivity contribution < 1.29 is 19.1 Å². The summed E-state index contributed by atoms with van der Waals surface area (Å²) in [4.78, 5) is 27.8. The molecule has 1 atom stereocenters. The van der Waals surface area contributed by atoms with Gasteiger partial charge >= 0.3 is 5.97 Å². The molecule has 2 aromatic carbocycles. The van der Waals surface area contributed by atoms with Gasteiger partial charge in [0.15, 0.2) is 6.61 Å².